The predicted octanol–water partition coefficient (Wildman–Crippen LogP) is 3.03. The number of benzene rings is 2. The topological polar surface area (TPSA) is 105 Å². The third kappa shape index (κ3) is 3.86. The Balaban J connectivity index is 1.57. The second-order valence-corrected chi connectivity index (χ2v) is 6.73. The molecule has 4 rings (SSSR count). The number of amides is 3. The highest BCUT2D eigenvalue weighted by atomic mass is 16.2. The Morgan fingerprint density at radius 2 is 1.69 bits per heavy atom. The van der Waals surface area contributed by atoms with Crippen molar-refractivity contribution in [2.24, 2.45) is 0 Å². The van der Waals surface area contributed by atoms with Gasteiger partial charge in [-0.05, 0) is 29.8 Å². The number of fused-ring (bicyclic) bond motifs is 1. The zero-order valence-electron chi connectivity index (χ0n) is 15.7. The summed E-state index contributed by atoms with van der Waals surface area (Å²) in [4.78, 5) is 36.2. The van der Waals surface area contributed by atoms with E-state index in [1.54, 1.807) is 35.1 Å². The van der Waals surface area contributed by atoms with Crippen LogP contribution in [0.3, 0.4) is 0 Å². The summed E-state index contributed by atoms with van der Waals surface area (Å²) in [6, 6.07) is 15.6. The van der Waals surface area contributed by atoms with E-state index < -0.39 is 6.04 Å². The van der Waals surface area contributed by atoms with Crippen molar-refractivity contribution in [1.82, 2.24) is 9.78 Å². The summed E-state index contributed by atoms with van der Waals surface area (Å²) < 4.78 is 1.55. The van der Waals surface area contributed by atoms with Crippen LogP contribution in [0.15, 0.2) is 60.8 Å². The van der Waals surface area contributed by atoms with E-state index in [0.717, 1.165) is 11.1 Å². The van der Waals surface area contributed by atoms with Crippen molar-refractivity contribution in [3.05, 3.63) is 60.8 Å². The number of carbonyl (C=O) groups is 3. The molecule has 1 aliphatic heterocycles. The van der Waals surface area contributed by atoms with Crippen LogP contribution < -0.4 is 16.0 Å². The summed E-state index contributed by atoms with van der Waals surface area (Å²) in [6.45, 7) is 1.43. The quantitative estimate of drug-likeness (QED) is 0.638. The van der Waals surface area contributed by atoms with E-state index in [0.29, 0.717) is 17.2 Å². The first-order chi connectivity index (χ1) is 14.0. The molecule has 0 radical (unpaired) electrons. The van der Waals surface area contributed by atoms with Gasteiger partial charge >= 0.3 is 0 Å². The first kappa shape index (κ1) is 18.4. The molecule has 29 heavy (non-hydrogen) atoms. The summed E-state index contributed by atoms with van der Waals surface area (Å²) in [5, 5.41) is 12.7. The second-order valence-electron chi connectivity index (χ2n) is 6.73. The zero-order chi connectivity index (χ0) is 20.4. The number of aromatic nitrogens is 2. The maximum absolute atomic E-state index is 12.9. The lowest BCUT2D eigenvalue weighted by atomic mass is 10.1. The van der Waals surface area contributed by atoms with E-state index in [4.69, 9.17) is 0 Å². The highest BCUT2D eigenvalue weighted by Crippen LogP contribution is 2.34. The molecule has 2 heterocycles. The molecule has 0 bridgehead atoms. The van der Waals surface area contributed by atoms with Crippen LogP contribution in [-0.4, -0.2) is 27.5 Å². The van der Waals surface area contributed by atoms with Gasteiger partial charge in [0.25, 0.3) is 0 Å². The smallest absolute Gasteiger partial charge is 0.249 e. The van der Waals surface area contributed by atoms with Gasteiger partial charge in [-0.25, -0.2) is 4.68 Å². The van der Waals surface area contributed by atoms with E-state index in [2.05, 4.69) is 21.0 Å². The highest BCUT2D eigenvalue weighted by Gasteiger charge is 2.33. The van der Waals surface area contributed by atoms with Gasteiger partial charge in [0, 0.05) is 23.9 Å². The van der Waals surface area contributed by atoms with Crippen LogP contribution in [0.1, 0.15) is 19.4 Å². The monoisotopic (exact) mass is 389 g/mol. The first-order valence-electron chi connectivity index (χ1n) is 9.12. The third-order valence-corrected chi connectivity index (χ3v) is 4.59. The number of nitrogens with zero attached hydrogens (tertiary/aromatic N) is 2. The molecule has 8 heteroatoms. The van der Waals surface area contributed by atoms with Crippen LogP contribution in [0.5, 0.6) is 0 Å². The molecule has 2 aromatic carbocycles. The molecule has 3 aromatic rings. The lowest BCUT2D eigenvalue weighted by Crippen LogP contribution is -2.35. The van der Waals surface area contributed by atoms with Gasteiger partial charge in [0.15, 0.2) is 0 Å². The first-order valence-corrected chi connectivity index (χ1v) is 9.12. The molecule has 1 unspecified atom stereocenters. The lowest BCUT2D eigenvalue weighted by Gasteiger charge is -2.24. The molecule has 146 valence electrons. The number of nitrogens with one attached hydrogen (secondary N) is 3. The SMILES string of the molecule is CC(=O)Nc1ccc(NC(=O)C2CC(=O)Nc3c(-c4ccccc4)cnn32)cc1. The van der Waals surface area contributed by atoms with Crippen molar-refractivity contribution in [3.63, 3.8) is 0 Å². The maximum Gasteiger partial charge on any atom is 0.249 e. The molecule has 0 saturated carbocycles. The van der Waals surface area contributed by atoms with Crippen molar-refractivity contribution in [1.29, 1.82) is 0 Å². The minimum absolute atomic E-state index is 0.00127. The van der Waals surface area contributed by atoms with Crippen molar-refractivity contribution >= 4 is 34.9 Å². The molecule has 3 amide bonds. The van der Waals surface area contributed by atoms with E-state index >= 15 is 0 Å². The minimum atomic E-state index is -0.758. The Morgan fingerprint density at radius 1 is 1.03 bits per heavy atom. The van der Waals surface area contributed by atoms with Crippen molar-refractivity contribution in [2.75, 3.05) is 16.0 Å². The van der Waals surface area contributed by atoms with Crippen LogP contribution in [0, 0.1) is 0 Å². The van der Waals surface area contributed by atoms with E-state index in [1.165, 1.54) is 6.92 Å². The van der Waals surface area contributed by atoms with Gasteiger partial charge in [0.1, 0.15) is 11.9 Å². The molecule has 0 saturated heterocycles. The van der Waals surface area contributed by atoms with Gasteiger partial charge in [-0.1, -0.05) is 30.3 Å². The Kier molecular flexibility index (Phi) is 4.82. The van der Waals surface area contributed by atoms with Crippen molar-refractivity contribution in [2.45, 2.75) is 19.4 Å². The average molecular weight is 389 g/mol. The minimum Gasteiger partial charge on any atom is -0.326 e. The third-order valence-electron chi connectivity index (χ3n) is 4.59. The number of rotatable bonds is 4. The van der Waals surface area contributed by atoms with Gasteiger partial charge in [0.2, 0.25) is 17.7 Å². The molecular formula is C21H19N5O3. The fraction of sp³-hybridized carbons (Fsp3) is 0.143. The number of hydrogen-bond acceptors (Lipinski definition) is 4. The Labute approximate surface area is 166 Å². The van der Waals surface area contributed by atoms with E-state index in [-0.39, 0.29) is 24.1 Å². The van der Waals surface area contributed by atoms with Gasteiger partial charge in [-0.3, -0.25) is 14.4 Å². The Hall–Kier alpha value is -3.94. The summed E-state index contributed by atoms with van der Waals surface area (Å²) in [6.07, 6.45) is 1.65. The van der Waals surface area contributed by atoms with Gasteiger partial charge in [-0.2, -0.15) is 5.10 Å². The van der Waals surface area contributed by atoms with E-state index in [9.17, 15) is 14.4 Å². The molecule has 0 spiro atoms. The maximum atomic E-state index is 12.9. The number of hydrogen-bond donors (Lipinski definition) is 3. The van der Waals surface area contributed by atoms with Crippen molar-refractivity contribution < 1.29 is 14.4 Å². The van der Waals surface area contributed by atoms with Gasteiger partial charge in [-0.15, -0.1) is 0 Å². The molecule has 1 aliphatic rings. The molecule has 1 aromatic heterocycles. The van der Waals surface area contributed by atoms with Crippen LogP contribution in [0.4, 0.5) is 17.2 Å². The molecular weight excluding hydrogens is 370 g/mol. The van der Waals surface area contributed by atoms with Gasteiger partial charge in [0.05, 0.1) is 12.6 Å². The number of anilines is 3. The highest BCUT2D eigenvalue weighted by molar-refractivity contribution is 6.03. The normalized spacial score (nSPS) is 15.2. The summed E-state index contributed by atoms with van der Waals surface area (Å²) in [5.41, 5.74) is 2.86. The van der Waals surface area contributed by atoms with Gasteiger partial charge < -0.3 is 16.0 Å². The fourth-order valence-corrected chi connectivity index (χ4v) is 3.27. The molecule has 8 nitrogen and oxygen atoms in total. The van der Waals surface area contributed by atoms with Crippen LogP contribution >= 0.6 is 0 Å². The summed E-state index contributed by atoms with van der Waals surface area (Å²) in [5.74, 6) is -0.239. The fourth-order valence-electron chi connectivity index (χ4n) is 3.27. The van der Waals surface area contributed by atoms with Crippen LogP contribution in [-0.2, 0) is 14.4 Å². The molecule has 3 N–H and O–H groups in total. The molecule has 0 fully saturated rings. The Bertz CT molecular complexity index is 1070. The zero-order valence-corrected chi connectivity index (χ0v) is 15.7. The predicted molar refractivity (Wildman–Crippen MR) is 109 cm³/mol. The lowest BCUT2D eigenvalue weighted by molar-refractivity contribution is -0.125. The van der Waals surface area contributed by atoms with Crippen LogP contribution in [0.25, 0.3) is 11.1 Å². The molecule has 0 aliphatic carbocycles. The summed E-state index contributed by atoms with van der Waals surface area (Å²) >= 11 is 0. The standard InChI is InChI=1S/C21H19N5O3/c1-13(27)23-15-7-9-16(10-8-15)24-21(29)18-11-19(28)25-20-17(12-22-26(18)20)14-5-3-2-4-6-14/h2-10,12,18H,11H2,1H3,(H,23,27)(H,24,29)(H,25,28). The average Bonchev–Trinajstić information content (AvgIpc) is 3.12. The largest absolute Gasteiger partial charge is 0.326 e. The molecule has 1 atom stereocenters. The van der Waals surface area contributed by atoms with E-state index in [1.807, 2.05) is 30.3 Å². The second kappa shape index (κ2) is 7.59. The number of carbonyl (C=O) groups excluding carboxylic acids is 3. The van der Waals surface area contributed by atoms with Crippen molar-refractivity contribution in [3.8, 4) is 11.1 Å². The summed E-state index contributed by atoms with van der Waals surface area (Å²) in [7, 11) is 0. The Morgan fingerprint density at radius 3 is 2.34 bits per heavy atom. The van der Waals surface area contributed by atoms with Crippen LogP contribution in [0.2, 0.25) is 0 Å².